The molecule has 0 spiro atoms. The van der Waals surface area contributed by atoms with Gasteiger partial charge < -0.3 is 0 Å². The Morgan fingerprint density at radius 2 is 0.433 bits per heavy atom. The van der Waals surface area contributed by atoms with Gasteiger partial charge in [-0.1, -0.05) is 370 Å². The van der Waals surface area contributed by atoms with Crippen molar-refractivity contribution in [3.8, 4) is 153 Å². The van der Waals surface area contributed by atoms with Crippen molar-refractivity contribution in [3.05, 3.63) is 492 Å². The maximum atomic E-state index is 5.23. The van der Waals surface area contributed by atoms with E-state index in [1.165, 1.54) is 98.8 Å². The molecule has 0 atom stereocenters. The summed E-state index contributed by atoms with van der Waals surface area (Å²) in [4.78, 5) is 59.9. The molecule has 0 aliphatic carbocycles. The van der Waals surface area contributed by atoms with Gasteiger partial charge in [0.05, 0.1) is 38.7 Å². The number of thiophene rings is 3. The molecule has 30 rings (SSSR count). The number of rotatable bonds is 15. The van der Waals surface area contributed by atoms with E-state index in [9.17, 15) is 0 Å². The van der Waals surface area contributed by atoms with Crippen molar-refractivity contribution in [1.29, 1.82) is 0 Å². The molecular weight excluding hydrogens is 1890 g/mol. The van der Waals surface area contributed by atoms with E-state index in [2.05, 4.69) is 287 Å². The van der Waals surface area contributed by atoms with Crippen LogP contribution in [-0.4, -0.2) is 73.5 Å². The van der Waals surface area contributed by atoms with Crippen molar-refractivity contribution < 1.29 is 0 Å². The van der Waals surface area contributed by atoms with Crippen molar-refractivity contribution >= 4 is 160 Å². The molecule has 18 aromatic carbocycles. The molecule has 0 unspecified atom stereocenters. The van der Waals surface area contributed by atoms with Crippen molar-refractivity contribution in [2.24, 2.45) is 0 Å². The second kappa shape index (κ2) is 37.6. The largest absolute Gasteiger partial charge is 0.294 e. The van der Waals surface area contributed by atoms with E-state index in [-0.39, 0.29) is 0 Å². The summed E-state index contributed by atoms with van der Waals surface area (Å²) in [5, 5.41) is 14.9. The number of hydrogen-bond donors (Lipinski definition) is 0. The summed E-state index contributed by atoms with van der Waals surface area (Å²) < 4.78 is 14.6. The lowest BCUT2D eigenvalue weighted by atomic mass is 10.0. The van der Waals surface area contributed by atoms with E-state index >= 15 is 0 Å². The second-order valence-electron chi connectivity index (χ2n) is 37.0. The molecule has 12 aromatic heterocycles. The van der Waals surface area contributed by atoms with Crippen LogP contribution in [0.1, 0.15) is 0 Å². The molecule has 18 heteroatoms. The standard InChI is InChI=1S/3C44H27N5S/c1-3-12-28(13-4-1)41-46-42(29-14-5-2-6-15-29)48-43(47-41)36-18-11-25-45-44(36)49-37-19-9-7-16-32(37)33-23-21-30(26-38(33)49)31-22-24-35-34-17-8-10-20-39(34)50-40(35)27-31;1-3-12-28(13-4-1)42-46-43(29-14-5-2-6-15-29)48-44(47-42)36-18-11-21-41(45-36)49-37-19-9-7-16-32(37)33-24-22-30(26-38(33)49)31-23-25-35-34-17-8-10-20-39(34)50-40(35)27-31;1-3-11-28(12-4-1)42-46-43(29-13-5-2-6-14-29)48-44(47-42)32-23-24-45-41(27-32)49-37-17-9-7-15-33(37)34-21-19-30(25-38(34)49)31-20-22-36-35-16-8-10-18-39(35)50-40(36)26-31/h3*1-27H. The van der Waals surface area contributed by atoms with E-state index in [1.54, 1.807) is 0 Å². The highest BCUT2D eigenvalue weighted by Crippen LogP contribution is 2.46. The van der Waals surface area contributed by atoms with Crippen molar-refractivity contribution in [2.75, 3.05) is 0 Å². The van der Waals surface area contributed by atoms with Gasteiger partial charge >= 0.3 is 0 Å². The second-order valence-corrected chi connectivity index (χ2v) is 40.2. The summed E-state index contributed by atoms with van der Waals surface area (Å²) in [7, 11) is 0. The fraction of sp³-hybridized carbons (Fsp3) is 0. The van der Waals surface area contributed by atoms with Gasteiger partial charge in [0.2, 0.25) is 0 Å². The monoisotopic (exact) mass is 1970 g/mol. The zero-order chi connectivity index (χ0) is 99.1. The van der Waals surface area contributed by atoms with Gasteiger partial charge in [0.1, 0.15) is 23.1 Å². The third kappa shape index (κ3) is 16.2. The number of para-hydroxylation sites is 3. The predicted octanol–water partition coefficient (Wildman–Crippen LogP) is 34.2. The summed E-state index contributed by atoms with van der Waals surface area (Å²) in [6.45, 7) is 0. The molecule has 0 bridgehead atoms. The van der Waals surface area contributed by atoms with Gasteiger partial charge in [0.15, 0.2) is 52.4 Å². The number of benzene rings is 18. The fourth-order valence-electron chi connectivity index (χ4n) is 20.8. The van der Waals surface area contributed by atoms with Crippen LogP contribution in [0.2, 0.25) is 0 Å². The summed E-state index contributed by atoms with van der Waals surface area (Å²) in [5.74, 6) is 7.76. The Kier molecular flexibility index (Phi) is 22.1. The lowest BCUT2D eigenvalue weighted by Crippen LogP contribution is -2.05. The molecule has 0 aliphatic rings. The van der Waals surface area contributed by atoms with Gasteiger partial charge in [-0.05, 0) is 143 Å². The highest BCUT2D eigenvalue weighted by Gasteiger charge is 2.26. The Hall–Kier alpha value is -19.5. The van der Waals surface area contributed by atoms with Crippen LogP contribution in [0.5, 0.6) is 0 Å². The first-order valence-corrected chi connectivity index (χ1v) is 52.1. The van der Waals surface area contributed by atoms with E-state index in [0.29, 0.717) is 58.1 Å². The fourth-order valence-corrected chi connectivity index (χ4v) is 24.2. The van der Waals surface area contributed by atoms with Crippen LogP contribution < -0.4 is 0 Å². The van der Waals surface area contributed by atoms with Gasteiger partial charge in [-0.25, -0.2) is 59.8 Å². The highest BCUT2D eigenvalue weighted by atomic mass is 32.1. The average Bonchev–Trinajstić information content (AvgIpc) is 1.57. The van der Waals surface area contributed by atoms with Crippen molar-refractivity contribution in [1.82, 2.24) is 73.5 Å². The Labute approximate surface area is 871 Å². The normalized spacial score (nSPS) is 11.6. The number of hydrogen-bond acceptors (Lipinski definition) is 15. The zero-order valence-corrected chi connectivity index (χ0v) is 82.6. The molecular formula is C132H81N15S3. The average molecular weight is 1970 g/mol. The Morgan fingerprint density at radius 3 is 0.813 bits per heavy atom. The summed E-state index contributed by atoms with van der Waals surface area (Å²) in [6, 6.07) is 167. The van der Waals surface area contributed by atoms with Gasteiger partial charge in [-0.3, -0.25) is 13.7 Å². The van der Waals surface area contributed by atoms with Crippen LogP contribution in [-0.2, 0) is 0 Å². The quantitative estimate of drug-likeness (QED) is 0.0953. The Morgan fingerprint density at radius 1 is 0.147 bits per heavy atom. The zero-order valence-electron chi connectivity index (χ0n) is 80.2. The molecule has 0 radical (unpaired) electrons. The smallest absolute Gasteiger partial charge is 0.182 e. The molecule has 0 amide bonds. The van der Waals surface area contributed by atoms with Crippen LogP contribution in [0.25, 0.3) is 279 Å². The van der Waals surface area contributed by atoms with E-state index in [1.807, 2.05) is 253 Å². The van der Waals surface area contributed by atoms with E-state index in [4.69, 9.17) is 59.8 Å². The molecule has 30 aromatic rings. The number of pyridine rings is 3. The number of nitrogens with zero attached hydrogens (tertiary/aromatic N) is 15. The minimum atomic E-state index is 0.526. The van der Waals surface area contributed by atoms with Gasteiger partial charge in [-0.15, -0.1) is 34.0 Å². The number of aromatic nitrogens is 15. The Balaban J connectivity index is 0.000000108. The summed E-state index contributed by atoms with van der Waals surface area (Å²) in [6.07, 6.45) is 3.69. The topological polar surface area (TPSA) is 169 Å². The van der Waals surface area contributed by atoms with Crippen LogP contribution in [0, 0.1) is 0 Å². The number of fused-ring (bicyclic) bond motifs is 18. The van der Waals surface area contributed by atoms with Crippen molar-refractivity contribution in [2.45, 2.75) is 0 Å². The molecule has 0 aliphatic heterocycles. The third-order valence-electron chi connectivity index (χ3n) is 27.9. The molecule has 0 saturated heterocycles. The first-order chi connectivity index (χ1) is 74.3. The van der Waals surface area contributed by atoms with Crippen LogP contribution in [0.3, 0.4) is 0 Å². The lowest BCUT2D eigenvalue weighted by molar-refractivity contribution is 1.03. The van der Waals surface area contributed by atoms with E-state index < -0.39 is 0 Å². The lowest BCUT2D eigenvalue weighted by Gasteiger charge is -2.14. The minimum Gasteiger partial charge on any atom is -0.294 e. The minimum absolute atomic E-state index is 0.526. The van der Waals surface area contributed by atoms with Gasteiger partial charge in [0, 0.05) is 144 Å². The molecule has 12 heterocycles. The Bertz CT molecular complexity index is 9940. The maximum Gasteiger partial charge on any atom is 0.182 e. The highest BCUT2D eigenvalue weighted by molar-refractivity contribution is 7.26. The molecule has 0 N–H and O–H groups in total. The van der Waals surface area contributed by atoms with E-state index in [0.717, 1.165) is 123 Å². The summed E-state index contributed by atoms with van der Waals surface area (Å²) in [5.41, 5.74) is 21.5. The molecule has 0 fully saturated rings. The maximum absolute atomic E-state index is 5.23. The summed E-state index contributed by atoms with van der Waals surface area (Å²) >= 11 is 5.53. The molecule has 15 nitrogen and oxygen atoms in total. The SMILES string of the molecule is c1ccc(-c2nc(-c3ccccc3)nc(-c3cccc(-n4c5ccccc5c5ccc(-c6ccc7c(c6)sc6ccccc67)cc54)n3)n2)cc1.c1ccc(-c2nc(-c3ccccc3)nc(-c3cccnc3-n3c4ccccc4c4ccc(-c5ccc6c(c5)sc5ccccc56)cc43)n2)cc1.c1ccc(-c2nc(-c3ccccc3)nc(-c3ccnc(-n4c5ccccc5c5ccc(-c6ccc7c(c6)sc6ccccc67)cc54)c3)n2)cc1. The third-order valence-corrected chi connectivity index (χ3v) is 31.3. The van der Waals surface area contributed by atoms with Crippen molar-refractivity contribution in [3.63, 3.8) is 0 Å². The molecule has 702 valence electrons. The van der Waals surface area contributed by atoms with Crippen LogP contribution in [0.4, 0.5) is 0 Å². The molecule has 0 saturated carbocycles. The van der Waals surface area contributed by atoms with Crippen LogP contribution in [0.15, 0.2) is 492 Å². The first-order valence-electron chi connectivity index (χ1n) is 49.7. The first kappa shape index (κ1) is 88.2. The molecule has 150 heavy (non-hydrogen) atoms. The van der Waals surface area contributed by atoms with Gasteiger partial charge in [0.25, 0.3) is 0 Å². The predicted molar refractivity (Wildman–Crippen MR) is 620 cm³/mol. The van der Waals surface area contributed by atoms with Crippen LogP contribution >= 0.6 is 34.0 Å². The van der Waals surface area contributed by atoms with Gasteiger partial charge in [-0.2, -0.15) is 0 Å².